The van der Waals surface area contributed by atoms with E-state index < -0.39 is 11.6 Å². The van der Waals surface area contributed by atoms with Crippen LogP contribution in [0.4, 0.5) is 0 Å². The average molecular weight is 382 g/mol. The molecule has 1 N–H and O–H groups in total. The largest absolute Gasteiger partial charge is 0.468 e. The fourth-order valence-electron chi connectivity index (χ4n) is 5.06. The van der Waals surface area contributed by atoms with E-state index in [4.69, 9.17) is 9.47 Å². The Morgan fingerprint density at radius 1 is 1.29 bits per heavy atom. The van der Waals surface area contributed by atoms with Crippen molar-refractivity contribution in [1.82, 2.24) is 9.88 Å². The first-order valence-electron chi connectivity index (χ1n) is 9.72. The van der Waals surface area contributed by atoms with Crippen LogP contribution in [0.3, 0.4) is 0 Å². The van der Waals surface area contributed by atoms with Gasteiger partial charge in [-0.1, -0.05) is 36.8 Å². The number of carbonyl (C=O) groups is 2. The summed E-state index contributed by atoms with van der Waals surface area (Å²) in [6.07, 6.45) is 5.00. The summed E-state index contributed by atoms with van der Waals surface area (Å²) in [5.41, 5.74) is 2.06. The highest BCUT2D eigenvalue weighted by Gasteiger charge is 2.60. The summed E-state index contributed by atoms with van der Waals surface area (Å²) in [5.74, 6) is -0.216. The molecule has 6 nitrogen and oxygen atoms in total. The SMILES string of the molecule is CCC1=C[C@H]2CN(C(=O)Cc3c[nH]c4ccccc34)[C@H](OC)[C@]1(C(=O)OC)C2. The van der Waals surface area contributed by atoms with Gasteiger partial charge >= 0.3 is 5.97 Å². The van der Waals surface area contributed by atoms with Gasteiger partial charge in [-0.2, -0.15) is 0 Å². The van der Waals surface area contributed by atoms with Gasteiger partial charge in [0, 0.05) is 30.8 Å². The first-order valence-corrected chi connectivity index (χ1v) is 9.72. The average Bonchev–Trinajstić information content (AvgIpc) is 3.26. The predicted octanol–water partition coefficient (Wildman–Crippen LogP) is 3.04. The number of amides is 1. The predicted molar refractivity (Wildman–Crippen MR) is 105 cm³/mol. The number of H-pyrrole nitrogens is 1. The highest BCUT2D eigenvalue weighted by atomic mass is 16.5. The number of piperidine rings is 1. The van der Waals surface area contributed by atoms with E-state index in [1.165, 1.54) is 7.11 Å². The van der Waals surface area contributed by atoms with Gasteiger partial charge in [0.2, 0.25) is 5.91 Å². The number of likely N-dealkylation sites (tertiary alicyclic amines) is 1. The third-order valence-electron chi connectivity index (χ3n) is 6.22. The van der Waals surface area contributed by atoms with E-state index in [-0.39, 0.29) is 24.2 Å². The molecule has 2 aromatic rings. The number of carbonyl (C=O) groups excluding carboxylic acids is 2. The molecule has 3 atom stereocenters. The van der Waals surface area contributed by atoms with Gasteiger partial charge < -0.3 is 19.4 Å². The highest BCUT2D eigenvalue weighted by molar-refractivity contribution is 5.90. The minimum atomic E-state index is -0.906. The standard InChI is InChI=1S/C22H26N2O4/c1-4-16-9-14-11-22(16,21(26)28-3)20(27-2)24(13-14)19(25)10-15-12-23-18-8-6-5-7-17(15)18/h5-9,12,14,20,23H,4,10-11,13H2,1-3H3/t14-,20-,22+/m1/s1. The van der Waals surface area contributed by atoms with E-state index in [9.17, 15) is 9.59 Å². The summed E-state index contributed by atoms with van der Waals surface area (Å²) < 4.78 is 10.9. The number of esters is 1. The molecule has 1 saturated heterocycles. The number of fused-ring (bicyclic) bond motifs is 3. The van der Waals surface area contributed by atoms with Gasteiger partial charge in [-0.25, -0.2) is 0 Å². The first kappa shape index (κ1) is 18.7. The summed E-state index contributed by atoms with van der Waals surface area (Å²) in [7, 11) is 2.96. The van der Waals surface area contributed by atoms with Gasteiger partial charge in [0.05, 0.1) is 13.5 Å². The zero-order valence-electron chi connectivity index (χ0n) is 16.5. The van der Waals surface area contributed by atoms with Gasteiger partial charge in [0.15, 0.2) is 6.23 Å². The van der Waals surface area contributed by atoms with Crippen molar-refractivity contribution in [2.24, 2.45) is 11.3 Å². The Morgan fingerprint density at radius 3 is 2.79 bits per heavy atom. The lowest BCUT2D eigenvalue weighted by atomic mass is 9.74. The van der Waals surface area contributed by atoms with Crippen LogP contribution in [0.25, 0.3) is 10.9 Å². The quantitative estimate of drug-likeness (QED) is 0.637. The Labute approximate surface area is 164 Å². The van der Waals surface area contributed by atoms with Crippen molar-refractivity contribution in [3.8, 4) is 0 Å². The van der Waals surface area contributed by atoms with Crippen molar-refractivity contribution >= 4 is 22.8 Å². The van der Waals surface area contributed by atoms with E-state index in [2.05, 4.69) is 11.1 Å². The van der Waals surface area contributed by atoms with Gasteiger partial charge in [-0.3, -0.25) is 9.59 Å². The molecular weight excluding hydrogens is 356 g/mol. The number of para-hydroxylation sites is 1. The van der Waals surface area contributed by atoms with Crippen LogP contribution >= 0.6 is 0 Å². The van der Waals surface area contributed by atoms with Crippen LogP contribution in [0, 0.1) is 11.3 Å². The van der Waals surface area contributed by atoms with Crippen molar-refractivity contribution in [2.75, 3.05) is 20.8 Å². The molecule has 0 unspecified atom stereocenters. The van der Waals surface area contributed by atoms with Crippen LogP contribution in [0.5, 0.6) is 0 Å². The summed E-state index contributed by atoms with van der Waals surface area (Å²) in [6.45, 7) is 2.59. The summed E-state index contributed by atoms with van der Waals surface area (Å²) in [5, 5.41) is 1.04. The van der Waals surface area contributed by atoms with Crippen LogP contribution < -0.4 is 0 Å². The summed E-state index contributed by atoms with van der Waals surface area (Å²) >= 11 is 0. The molecule has 1 aromatic heterocycles. The molecule has 1 aliphatic carbocycles. The molecule has 4 rings (SSSR count). The Morgan fingerprint density at radius 2 is 2.07 bits per heavy atom. The number of aromatic nitrogens is 1. The molecule has 2 aliphatic rings. The van der Waals surface area contributed by atoms with Crippen LogP contribution in [-0.4, -0.2) is 48.8 Å². The summed E-state index contributed by atoms with van der Waals surface area (Å²) in [6, 6.07) is 7.93. The second kappa shape index (κ2) is 7.09. The second-order valence-corrected chi connectivity index (χ2v) is 7.64. The second-order valence-electron chi connectivity index (χ2n) is 7.64. The molecule has 0 radical (unpaired) electrons. The molecule has 28 heavy (non-hydrogen) atoms. The topological polar surface area (TPSA) is 71.6 Å². The number of benzene rings is 1. The lowest BCUT2D eigenvalue weighted by Crippen LogP contribution is -2.59. The molecule has 2 heterocycles. The maximum atomic E-state index is 13.3. The number of methoxy groups -OCH3 is 2. The van der Waals surface area contributed by atoms with E-state index in [1.54, 1.807) is 12.0 Å². The van der Waals surface area contributed by atoms with Crippen molar-refractivity contribution < 1.29 is 19.1 Å². The molecule has 0 saturated carbocycles. The van der Waals surface area contributed by atoms with Crippen molar-refractivity contribution in [2.45, 2.75) is 32.4 Å². The van der Waals surface area contributed by atoms with Gasteiger partial charge in [0.25, 0.3) is 0 Å². The van der Waals surface area contributed by atoms with Crippen molar-refractivity contribution in [3.63, 3.8) is 0 Å². The normalized spacial score (nSPS) is 26.4. The number of nitrogens with zero attached hydrogens (tertiary/aromatic N) is 1. The number of rotatable bonds is 5. The number of hydrogen-bond donors (Lipinski definition) is 1. The minimum absolute atomic E-state index is 0.0414. The molecule has 148 valence electrons. The molecule has 1 aromatic carbocycles. The fourth-order valence-corrected chi connectivity index (χ4v) is 5.06. The van der Waals surface area contributed by atoms with Crippen LogP contribution in [-0.2, 0) is 25.5 Å². The monoisotopic (exact) mass is 382 g/mol. The molecule has 1 fully saturated rings. The first-order chi connectivity index (χ1) is 13.5. The Bertz CT molecular complexity index is 947. The van der Waals surface area contributed by atoms with E-state index in [0.717, 1.165) is 28.5 Å². The zero-order chi connectivity index (χ0) is 19.9. The molecule has 0 spiro atoms. The molecule has 1 aliphatic heterocycles. The van der Waals surface area contributed by atoms with Gasteiger partial charge in [0.1, 0.15) is 5.41 Å². The maximum Gasteiger partial charge on any atom is 0.320 e. The number of hydrogen-bond acceptors (Lipinski definition) is 4. The van der Waals surface area contributed by atoms with Gasteiger partial charge in [-0.05, 0) is 30.4 Å². The van der Waals surface area contributed by atoms with E-state index >= 15 is 0 Å². The fraction of sp³-hybridized carbons (Fsp3) is 0.455. The lowest BCUT2D eigenvalue weighted by Gasteiger charge is -2.46. The van der Waals surface area contributed by atoms with Crippen LogP contribution in [0.15, 0.2) is 42.1 Å². The third kappa shape index (κ3) is 2.66. The zero-order valence-corrected chi connectivity index (χ0v) is 16.5. The smallest absolute Gasteiger partial charge is 0.320 e. The maximum absolute atomic E-state index is 13.3. The van der Waals surface area contributed by atoms with Crippen LogP contribution in [0.1, 0.15) is 25.3 Å². The van der Waals surface area contributed by atoms with Crippen LogP contribution in [0.2, 0.25) is 0 Å². The molecule has 2 bridgehead atoms. The molecule has 1 amide bonds. The van der Waals surface area contributed by atoms with E-state index in [0.29, 0.717) is 13.0 Å². The summed E-state index contributed by atoms with van der Waals surface area (Å²) in [4.78, 5) is 31.1. The molecular formula is C22H26N2O4. The Balaban J connectivity index is 1.66. The van der Waals surface area contributed by atoms with Gasteiger partial charge in [-0.15, -0.1) is 0 Å². The van der Waals surface area contributed by atoms with Crippen molar-refractivity contribution in [3.05, 3.63) is 47.7 Å². The lowest BCUT2D eigenvalue weighted by molar-refractivity contribution is -0.184. The Kier molecular flexibility index (Phi) is 4.75. The number of aromatic amines is 1. The number of nitrogens with one attached hydrogen (secondary N) is 1. The Hall–Kier alpha value is -2.60. The minimum Gasteiger partial charge on any atom is -0.468 e. The van der Waals surface area contributed by atoms with Crippen molar-refractivity contribution in [1.29, 1.82) is 0 Å². The third-order valence-corrected chi connectivity index (χ3v) is 6.22. The molecule has 6 heteroatoms. The highest BCUT2D eigenvalue weighted by Crippen LogP contribution is 2.52. The number of ether oxygens (including phenoxy) is 2. The van der Waals surface area contributed by atoms with E-state index in [1.807, 2.05) is 37.4 Å².